The van der Waals surface area contributed by atoms with E-state index in [1.165, 1.54) is 5.56 Å². The van der Waals surface area contributed by atoms with Crippen molar-refractivity contribution < 1.29 is 9.59 Å². The Hall–Kier alpha value is -2.95. The van der Waals surface area contributed by atoms with Gasteiger partial charge in [-0.05, 0) is 22.6 Å². The molecular formula is C21H23N3O2. The molecule has 1 fully saturated rings. The van der Waals surface area contributed by atoms with Crippen molar-refractivity contribution in [3.05, 3.63) is 71.3 Å². The number of nitrogens with one attached hydrogen (secondary N) is 2. The largest absolute Gasteiger partial charge is 0.355 e. The quantitative estimate of drug-likeness (QED) is 0.495. The van der Waals surface area contributed by atoms with Gasteiger partial charge in [0.1, 0.15) is 5.92 Å². The van der Waals surface area contributed by atoms with Gasteiger partial charge in [-0.1, -0.05) is 68.4 Å². The standard InChI is InChI=1S/C21H23N3O2/c1-14(2)16-10-8-15(9-11-16)12-23-24-21(26)19-18(13-22-20(19)25)17-6-4-3-5-7-17/h3-12,14,18-19H,13H2,1-2H3,(H,22,25)(H,24,26)/b23-12-/t18-,19-/m0/s1. The fraction of sp³-hybridized carbons (Fsp3) is 0.286. The minimum atomic E-state index is -0.766. The van der Waals surface area contributed by atoms with Crippen molar-refractivity contribution in [1.82, 2.24) is 10.7 Å². The van der Waals surface area contributed by atoms with Crippen molar-refractivity contribution in [3.63, 3.8) is 0 Å². The molecule has 2 N–H and O–H groups in total. The molecule has 0 spiro atoms. The smallest absolute Gasteiger partial charge is 0.253 e. The Morgan fingerprint density at radius 1 is 1.15 bits per heavy atom. The van der Waals surface area contributed by atoms with Gasteiger partial charge in [0.25, 0.3) is 5.91 Å². The third-order valence-electron chi connectivity index (χ3n) is 4.68. The lowest BCUT2D eigenvalue weighted by Crippen LogP contribution is -2.34. The van der Waals surface area contributed by atoms with Gasteiger partial charge in [-0.15, -0.1) is 0 Å². The Balaban J connectivity index is 1.65. The first-order valence-corrected chi connectivity index (χ1v) is 8.82. The Morgan fingerprint density at radius 3 is 2.50 bits per heavy atom. The fourth-order valence-electron chi connectivity index (χ4n) is 3.14. The molecule has 26 heavy (non-hydrogen) atoms. The van der Waals surface area contributed by atoms with E-state index in [4.69, 9.17) is 0 Å². The highest BCUT2D eigenvalue weighted by molar-refractivity contribution is 6.03. The van der Waals surface area contributed by atoms with Crippen LogP contribution in [0.25, 0.3) is 0 Å². The van der Waals surface area contributed by atoms with E-state index in [-0.39, 0.29) is 17.7 Å². The Morgan fingerprint density at radius 2 is 1.85 bits per heavy atom. The average molecular weight is 349 g/mol. The maximum Gasteiger partial charge on any atom is 0.253 e. The molecule has 1 saturated heterocycles. The maximum absolute atomic E-state index is 12.5. The predicted octanol–water partition coefficient (Wildman–Crippen LogP) is 2.79. The van der Waals surface area contributed by atoms with E-state index < -0.39 is 5.92 Å². The van der Waals surface area contributed by atoms with Crippen LogP contribution in [-0.4, -0.2) is 24.6 Å². The molecule has 1 aliphatic rings. The monoisotopic (exact) mass is 349 g/mol. The van der Waals surface area contributed by atoms with Crippen molar-refractivity contribution in [2.75, 3.05) is 6.54 Å². The highest BCUT2D eigenvalue weighted by Crippen LogP contribution is 2.28. The third-order valence-corrected chi connectivity index (χ3v) is 4.68. The van der Waals surface area contributed by atoms with E-state index in [0.29, 0.717) is 12.5 Å². The summed E-state index contributed by atoms with van der Waals surface area (Å²) in [5, 5.41) is 6.79. The molecule has 0 saturated carbocycles. The van der Waals surface area contributed by atoms with Crippen LogP contribution in [0.2, 0.25) is 0 Å². The summed E-state index contributed by atoms with van der Waals surface area (Å²) in [6.07, 6.45) is 1.59. The molecular weight excluding hydrogens is 326 g/mol. The van der Waals surface area contributed by atoms with Crippen LogP contribution in [0.1, 0.15) is 42.4 Å². The van der Waals surface area contributed by atoms with Crippen LogP contribution >= 0.6 is 0 Å². The van der Waals surface area contributed by atoms with Gasteiger partial charge in [0.05, 0.1) is 6.21 Å². The van der Waals surface area contributed by atoms with E-state index >= 15 is 0 Å². The van der Waals surface area contributed by atoms with Gasteiger partial charge in [0.15, 0.2) is 0 Å². The summed E-state index contributed by atoms with van der Waals surface area (Å²) in [5.41, 5.74) is 5.63. The molecule has 2 aromatic carbocycles. The number of hydrogen-bond acceptors (Lipinski definition) is 3. The molecule has 0 unspecified atom stereocenters. The van der Waals surface area contributed by atoms with Crippen LogP contribution in [0.3, 0.4) is 0 Å². The Labute approximate surface area is 153 Å². The van der Waals surface area contributed by atoms with Gasteiger partial charge in [0, 0.05) is 12.5 Å². The molecule has 0 aliphatic carbocycles. The second kappa shape index (κ2) is 7.95. The zero-order valence-electron chi connectivity index (χ0n) is 15.0. The first-order chi connectivity index (χ1) is 12.6. The number of nitrogens with zero attached hydrogens (tertiary/aromatic N) is 1. The lowest BCUT2D eigenvalue weighted by atomic mass is 9.88. The normalized spacial score (nSPS) is 19.7. The van der Waals surface area contributed by atoms with Gasteiger partial charge in [-0.3, -0.25) is 9.59 Å². The minimum Gasteiger partial charge on any atom is -0.355 e. The molecule has 3 rings (SSSR count). The number of amides is 2. The lowest BCUT2D eigenvalue weighted by molar-refractivity contribution is -0.133. The molecule has 0 bridgehead atoms. The number of hydrazone groups is 1. The molecule has 134 valence electrons. The van der Waals surface area contributed by atoms with Crippen molar-refractivity contribution >= 4 is 18.0 Å². The van der Waals surface area contributed by atoms with Crippen LogP contribution in [0.4, 0.5) is 0 Å². The molecule has 5 nitrogen and oxygen atoms in total. The van der Waals surface area contributed by atoms with Gasteiger partial charge in [-0.2, -0.15) is 5.10 Å². The van der Waals surface area contributed by atoms with Crippen LogP contribution in [0.15, 0.2) is 59.7 Å². The van der Waals surface area contributed by atoms with Crippen LogP contribution < -0.4 is 10.7 Å². The van der Waals surface area contributed by atoms with E-state index in [1.54, 1.807) is 6.21 Å². The number of carbonyl (C=O) groups excluding carboxylic acids is 2. The summed E-state index contributed by atoms with van der Waals surface area (Å²) in [4.78, 5) is 24.6. The summed E-state index contributed by atoms with van der Waals surface area (Å²) in [5.74, 6) is -1.12. The van der Waals surface area contributed by atoms with Crippen molar-refractivity contribution in [2.24, 2.45) is 11.0 Å². The SMILES string of the molecule is CC(C)c1ccc(/C=N\NC(=O)[C@@H]2C(=O)NC[C@H]2c2ccccc2)cc1. The lowest BCUT2D eigenvalue weighted by Gasteiger charge is -2.15. The summed E-state index contributed by atoms with van der Waals surface area (Å²) in [7, 11) is 0. The summed E-state index contributed by atoms with van der Waals surface area (Å²) in [6, 6.07) is 17.6. The van der Waals surface area contributed by atoms with Crippen molar-refractivity contribution in [2.45, 2.75) is 25.7 Å². The number of carbonyl (C=O) groups is 2. The number of rotatable bonds is 5. The van der Waals surface area contributed by atoms with E-state index in [2.05, 4.69) is 29.7 Å². The summed E-state index contributed by atoms with van der Waals surface area (Å²) >= 11 is 0. The van der Waals surface area contributed by atoms with Crippen LogP contribution in [0, 0.1) is 5.92 Å². The average Bonchev–Trinajstić information content (AvgIpc) is 3.04. The maximum atomic E-state index is 12.5. The fourth-order valence-corrected chi connectivity index (χ4v) is 3.14. The molecule has 1 aliphatic heterocycles. The first kappa shape index (κ1) is 17.9. The number of hydrogen-bond donors (Lipinski definition) is 2. The third kappa shape index (κ3) is 3.99. The molecule has 2 atom stereocenters. The number of benzene rings is 2. The molecule has 2 amide bonds. The summed E-state index contributed by atoms with van der Waals surface area (Å²) < 4.78 is 0. The van der Waals surface area contributed by atoms with Gasteiger partial charge < -0.3 is 5.32 Å². The van der Waals surface area contributed by atoms with Gasteiger partial charge in [-0.25, -0.2) is 5.43 Å². The molecule has 1 heterocycles. The molecule has 2 aromatic rings. The van der Waals surface area contributed by atoms with Crippen LogP contribution in [0.5, 0.6) is 0 Å². The van der Waals surface area contributed by atoms with E-state index in [1.807, 2.05) is 54.6 Å². The zero-order chi connectivity index (χ0) is 18.5. The molecule has 0 radical (unpaired) electrons. The van der Waals surface area contributed by atoms with E-state index in [0.717, 1.165) is 11.1 Å². The second-order valence-electron chi connectivity index (χ2n) is 6.80. The van der Waals surface area contributed by atoms with Crippen molar-refractivity contribution in [3.8, 4) is 0 Å². The second-order valence-corrected chi connectivity index (χ2v) is 6.80. The highest BCUT2D eigenvalue weighted by Gasteiger charge is 2.40. The van der Waals surface area contributed by atoms with Gasteiger partial charge in [0.2, 0.25) is 5.91 Å². The topological polar surface area (TPSA) is 70.6 Å². The first-order valence-electron chi connectivity index (χ1n) is 8.82. The predicted molar refractivity (Wildman–Crippen MR) is 102 cm³/mol. The highest BCUT2D eigenvalue weighted by atomic mass is 16.2. The Bertz CT molecular complexity index is 798. The Kier molecular flexibility index (Phi) is 5.46. The van der Waals surface area contributed by atoms with Gasteiger partial charge >= 0.3 is 0 Å². The molecule has 5 heteroatoms. The molecule has 0 aromatic heterocycles. The summed E-state index contributed by atoms with van der Waals surface area (Å²) in [6.45, 7) is 4.74. The van der Waals surface area contributed by atoms with Crippen LogP contribution in [-0.2, 0) is 9.59 Å². The van der Waals surface area contributed by atoms with E-state index in [9.17, 15) is 9.59 Å². The minimum absolute atomic E-state index is 0.177. The van der Waals surface area contributed by atoms with Crippen molar-refractivity contribution in [1.29, 1.82) is 0 Å². The zero-order valence-corrected chi connectivity index (χ0v) is 15.0.